The van der Waals surface area contributed by atoms with Crippen LogP contribution in [0.3, 0.4) is 0 Å². The van der Waals surface area contributed by atoms with E-state index in [9.17, 15) is 20.0 Å². The lowest BCUT2D eigenvalue weighted by Gasteiger charge is -2.22. The Hall–Kier alpha value is -2.15. The molecule has 1 amide bonds. The zero-order chi connectivity index (χ0) is 15.6. The first-order chi connectivity index (χ1) is 9.90. The van der Waals surface area contributed by atoms with Gasteiger partial charge in [0.2, 0.25) is 5.91 Å². The van der Waals surface area contributed by atoms with Crippen molar-refractivity contribution in [1.82, 2.24) is 4.90 Å². The number of likely N-dealkylation sites (N-methyl/N-ethyl adjacent to an activating group) is 1. The number of nitro benzene ring substituents is 1. The van der Waals surface area contributed by atoms with Crippen molar-refractivity contribution in [3.8, 4) is 0 Å². The third kappa shape index (κ3) is 3.30. The number of carbonyl (C=O) groups excluding carboxylic acids is 1. The van der Waals surface area contributed by atoms with E-state index in [1.807, 2.05) is 0 Å². The molecular weight excluding hydrogens is 274 g/mol. The van der Waals surface area contributed by atoms with Gasteiger partial charge in [-0.3, -0.25) is 14.9 Å². The number of nitro groups is 1. The lowest BCUT2D eigenvalue weighted by Crippen LogP contribution is -2.34. The van der Waals surface area contributed by atoms with E-state index in [1.165, 1.54) is 6.07 Å². The Balaban J connectivity index is 2.38. The largest absolute Gasteiger partial charge is 0.389 e. The number of hydrogen-bond donors (Lipinski definition) is 1. The van der Waals surface area contributed by atoms with E-state index in [0.717, 1.165) is 6.42 Å². The molecule has 0 bridgehead atoms. The van der Waals surface area contributed by atoms with E-state index in [4.69, 9.17) is 0 Å². The normalized spacial score (nSPS) is 17.6. The first-order valence-electron chi connectivity index (χ1n) is 6.85. The molecule has 1 aromatic carbocycles. The number of rotatable bonds is 3. The first kappa shape index (κ1) is 15.2. The van der Waals surface area contributed by atoms with Crippen LogP contribution in [-0.2, 0) is 4.79 Å². The fourth-order valence-electron chi connectivity index (χ4n) is 2.41. The zero-order valence-electron chi connectivity index (χ0n) is 12.2. The van der Waals surface area contributed by atoms with Crippen LogP contribution >= 0.6 is 0 Å². The molecule has 0 unspecified atom stereocenters. The molecule has 1 aliphatic rings. The van der Waals surface area contributed by atoms with E-state index >= 15 is 0 Å². The Labute approximate surface area is 122 Å². The van der Waals surface area contributed by atoms with Crippen molar-refractivity contribution in [2.75, 3.05) is 31.6 Å². The molecule has 1 aromatic rings. The second-order valence-corrected chi connectivity index (χ2v) is 5.27. The molecule has 1 atom stereocenters. The maximum Gasteiger partial charge on any atom is 0.292 e. The number of nitrogens with zero attached hydrogens (tertiary/aromatic N) is 3. The van der Waals surface area contributed by atoms with Crippen LogP contribution in [0.4, 0.5) is 11.4 Å². The smallest absolute Gasteiger partial charge is 0.292 e. The highest BCUT2D eigenvalue weighted by Crippen LogP contribution is 2.31. The lowest BCUT2D eigenvalue weighted by atomic mass is 10.1. The summed E-state index contributed by atoms with van der Waals surface area (Å²) in [5, 5.41) is 20.8. The second-order valence-electron chi connectivity index (χ2n) is 5.27. The van der Waals surface area contributed by atoms with Gasteiger partial charge in [-0.15, -0.1) is 0 Å². The average Bonchev–Trinajstić information content (AvgIpc) is 2.60. The summed E-state index contributed by atoms with van der Waals surface area (Å²) in [6.07, 6.45) is -0.00739. The summed E-state index contributed by atoms with van der Waals surface area (Å²) >= 11 is 0. The van der Waals surface area contributed by atoms with Crippen LogP contribution < -0.4 is 4.90 Å². The summed E-state index contributed by atoms with van der Waals surface area (Å²) in [5.74, 6) is -0.0543. The van der Waals surface area contributed by atoms with E-state index in [1.54, 1.807) is 35.9 Å². The average molecular weight is 293 g/mol. The molecule has 7 heteroatoms. The van der Waals surface area contributed by atoms with Crippen LogP contribution in [0.15, 0.2) is 18.2 Å². The van der Waals surface area contributed by atoms with Gasteiger partial charge in [0.25, 0.3) is 5.69 Å². The molecule has 0 saturated carbocycles. The third-order valence-corrected chi connectivity index (χ3v) is 3.69. The number of aliphatic hydroxyl groups excluding tert-OH is 1. The van der Waals surface area contributed by atoms with Crippen molar-refractivity contribution < 1.29 is 14.8 Å². The quantitative estimate of drug-likeness (QED) is 0.671. The molecule has 21 heavy (non-hydrogen) atoms. The summed E-state index contributed by atoms with van der Waals surface area (Å²) < 4.78 is 0. The predicted molar refractivity (Wildman–Crippen MR) is 78.2 cm³/mol. The number of amides is 1. The monoisotopic (exact) mass is 293 g/mol. The third-order valence-electron chi connectivity index (χ3n) is 3.69. The molecule has 0 aliphatic carbocycles. The van der Waals surface area contributed by atoms with E-state index in [-0.39, 0.29) is 18.1 Å². The van der Waals surface area contributed by atoms with Gasteiger partial charge in [-0.05, 0) is 25.0 Å². The number of carbonyl (C=O) groups is 1. The lowest BCUT2D eigenvalue weighted by molar-refractivity contribution is -0.384. The number of anilines is 1. The summed E-state index contributed by atoms with van der Waals surface area (Å²) in [5.41, 5.74) is 0.836. The van der Waals surface area contributed by atoms with E-state index in [0.29, 0.717) is 24.3 Å². The Kier molecular flexibility index (Phi) is 4.42. The minimum absolute atomic E-state index is 0.0543. The van der Waals surface area contributed by atoms with Gasteiger partial charge >= 0.3 is 0 Å². The molecule has 0 aromatic heterocycles. The molecule has 1 heterocycles. The fourth-order valence-corrected chi connectivity index (χ4v) is 2.41. The molecule has 7 nitrogen and oxygen atoms in total. The van der Waals surface area contributed by atoms with Crippen LogP contribution in [0.1, 0.15) is 25.0 Å². The molecule has 0 radical (unpaired) electrons. The minimum atomic E-state index is -0.769. The number of aliphatic hydroxyl groups is 1. The molecular formula is C14H19N3O4. The van der Waals surface area contributed by atoms with Gasteiger partial charge in [0, 0.05) is 26.2 Å². The van der Waals surface area contributed by atoms with Crippen LogP contribution in [0.5, 0.6) is 0 Å². The maximum atomic E-state index is 11.9. The molecule has 0 spiro atoms. The van der Waals surface area contributed by atoms with Crippen molar-refractivity contribution in [2.24, 2.45) is 0 Å². The summed E-state index contributed by atoms with van der Waals surface area (Å²) in [6.45, 7) is 2.92. The summed E-state index contributed by atoms with van der Waals surface area (Å²) in [6, 6.07) is 4.64. The maximum absolute atomic E-state index is 11.9. The fraction of sp³-hybridized carbons (Fsp3) is 0.500. The molecule has 2 rings (SSSR count). The number of benzene rings is 1. The topological polar surface area (TPSA) is 86.9 Å². The van der Waals surface area contributed by atoms with Gasteiger partial charge < -0.3 is 14.9 Å². The zero-order valence-corrected chi connectivity index (χ0v) is 12.2. The van der Waals surface area contributed by atoms with Crippen molar-refractivity contribution in [1.29, 1.82) is 0 Å². The van der Waals surface area contributed by atoms with Gasteiger partial charge in [-0.2, -0.15) is 0 Å². The van der Waals surface area contributed by atoms with Gasteiger partial charge in [0.05, 0.1) is 17.6 Å². The predicted octanol–water partition coefficient (Wildman–Crippen LogP) is 1.32. The Morgan fingerprint density at radius 1 is 1.38 bits per heavy atom. The van der Waals surface area contributed by atoms with Gasteiger partial charge in [-0.25, -0.2) is 0 Å². The van der Waals surface area contributed by atoms with Crippen LogP contribution in [0.2, 0.25) is 0 Å². The Morgan fingerprint density at radius 3 is 2.71 bits per heavy atom. The minimum Gasteiger partial charge on any atom is -0.389 e. The second kappa shape index (κ2) is 6.09. The standard InChI is InChI=1S/C14H19N3O4/c1-10(18)11-4-5-12(13(8-11)17(20)21)16-7-3-6-15(2)14(19)9-16/h4-5,8,10,18H,3,6-7,9H2,1-2H3/t10-/m0/s1. The highest BCUT2D eigenvalue weighted by molar-refractivity contribution is 5.83. The highest BCUT2D eigenvalue weighted by Gasteiger charge is 2.25. The summed E-state index contributed by atoms with van der Waals surface area (Å²) in [7, 11) is 1.73. The molecule has 1 aliphatic heterocycles. The SMILES string of the molecule is C[C@H](O)c1ccc(N2CCCN(C)C(=O)C2)c([N+](=O)[O-])c1. The van der Waals surface area contributed by atoms with Crippen LogP contribution in [-0.4, -0.2) is 47.5 Å². The Morgan fingerprint density at radius 2 is 2.10 bits per heavy atom. The molecule has 114 valence electrons. The van der Waals surface area contributed by atoms with Crippen LogP contribution in [0, 0.1) is 10.1 Å². The van der Waals surface area contributed by atoms with Crippen molar-refractivity contribution in [3.63, 3.8) is 0 Å². The number of hydrogen-bond acceptors (Lipinski definition) is 5. The van der Waals surface area contributed by atoms with Gasteiger partial charge in [0.1, 0.15) is 5.69 Å². The van der Waals surface area contributed by atoms with Crippen molar-refractivity contribution in [3.05, 3.63) is 33.9 Å². The Bertz CT molecular complexity index is 559. The van der Waals surface area contributed by atoms with E-state index in [2.05, 4.69) is 0 Å². The molecule has 1 saturated heterocycles. The molecule has 1 N–H and O–H groups in total. The van der Waals surface area contributed by atoms with Gasteiger partial charge in [-0.1, -0.05) is 6.07 Å². The first-order valence-corrected chi connectivity index (χ1v) is 6.85. The van der Waals surface area contributed by atoms with E-state index < -0.39 is 11.0 Å². The van der Waals surface area contributed by atoms with Gasteiger partial charge in [0.15, 0.2) is 0 Å². The summed E-state index contributed by atoms with van der Waals surface area (Å²) in [4.78, 5) is 26.1. The van der Waals surface area contributed by atoms with Crippen molar-refractivity contribution >= 4 is 17.3 Å². The van der Waals surface area contributed by atoms with Crippen LogP contribution in [0.25, 0.3) is 0 Å². The highest BCUT2D eigenvalue weighted by atomic mass is 16.6. The van der Waals surface area contributed by atoms with Crippen molar-refractivity contribution in [2.45, 2.75) is 19.4 Å². The molecule has 1 fully saturated rings.